The molecule has 2 aliphatic rings. The summed E-state index contributed by atoms with van der Waals surface area (Å²) in [5.41, 5.74) is 3.95. The van der Waals surface area contributed by atoms with Gasteiger partial charge in [0, 0.05) is 27.2 Å². The van der Waals surface area contributed by atoms with Crippen LogP contribution in [0.4, 0.5) is 0 Å². The molecule has 1 aliphatic carbocycles. The Labute approximate surface area is 202 Å². The van der Waals surface area contributed by atoms with E-state index in [1.165, 1.54) is 12.8 Å². The first-order chi connectivity index (χ1) is 15.6. The van der Waals surface area contributed by atoms with Gasteiger partial charge in [-0.25, -0.2) is 0 Å². The Balaban J connectivity index is 1.66. The molecule has 0 spiro atoms. The van der Waals surface area contributed by atoms with Crippen LogP contribution in [0.1, 0.15) is 61.9 Å². The molecule has 1 aromatic heterocycles. The van der Waals surface area contributed by atoms with Crippen molar-refractivity contribution in [2.75, 3.05) is 13.1 Å². The molecule has 1 aliphatic heterocycles. The minimum absolute atomic E-state index is 0.0905. The SMILES string of the molecule is CCC1N=C(c2ccccc2Cl)c2ccc(Br)cc2-n2c(CN(CC)CC3CC3)nnc21. The minimum atomic E-state index is -0.0905. The lowest BCUT2D eigenvalue weighted by molar-refractivity contribution is 0.260. The number of rotatable bonds is 7. The Hall–Kier alpha value is -2.02. The van der Waals surface area contributed by atoms with Crippen LogP contribution in [-0.2, 0) is 6.54 Å². The molecule has 32 heavy (non-hydrogen) atoms. The zero-order valence-electron chi connectivity index (χ0n) is 18.4. The second-order valence-electron chi connectivity index (χ2n) is 8.62. The van der Waals surface area contributed by atoms with E-state index < -0.39 is 0 Å². The molecule has 0 saturated heterocycles. The summed E-state index contributed by atoms with van der Waals surface area (Å²) < 4.78 is 3.25. The Bertz CT molecular complexity index is 1170. The van der Waals surface area contributed by atoms with Crippen molar-refractivity contribution in [3.8, 4) is 5.69 Å². The van der Waals surface area contributed by atoms with E-state index in [1.807, 2.05) is 24.3 Å². The largest absolute Gasteiger partial charge is 0.296 e. The van der Waals surface area contributed by atoms with Gasteiger partial charge in [-0.15, -0.1) is 10.2 Å². The van der Waals surface area contributed by atoms with E-state index in [0.29, 0.717) is 5.02 Å². The number of aliphatic imine (C=N–C) groups is 1. The van der Waals surface area contributed by atoms with Gasteiger partial charge in [0.1, 0.15) is 6.04 Å². The van der Waals surface area contributed by atoms with Crippen molar-refractivity contribution in [2.24, 2.45) is 10.9 Å². The maximum atomic E-state index is 6.63. The van der Waals surface area contributed by atoms with Gasteiger partial charge in [-0.2, -0.15) is 0 Å². The van der Waals surface area contributed by atoms with E-state index in [0.717, 1.165) is 70.6 Å². The van der Waals surface area contributed by atoms with Crippen molar-refractivity contribution in [1.29, 1.82) is 0 Å². The van der Waals surface area contributed by atoms with Gasteiger partial charge < -0.3 is 0 Å². The van der Waals surface area contributed by atoms with Gasteiger partial charge in [0.05, 0.1) is 17.9 Å². The topological polar surface area (TPSA) is 46.3 Å². The summed E-state index contributed by atoms with van der Waals surface area (Å²) in [5, 5.41) is 10.0. The highest BCUT2D eigenvalue weighted by molar-refractivity contribution is 9.10. The average molecular weight is 513 g/mol. The van der Waals surface area contributed by atoms with Gasteiger partial charge in [-0.05, 0) is 56.0 Å². The third kappa shape index (κ3) is 4.16. The molecule has 1 saturated carbocycles. The van der Waals surface area contributed by atoms with Gasteiger partial charge in [0.2, 0.25) is 0 Å². The van der Waals surface area contributed by atoms with Crippen molar-refractivity contribution < 1.29 is 0 Å². The predicted molar refractivity (Wildman–Crippen MR) is 133 cm³/mol. The Morgan fingerprint density at radius 3 is 2.62 bits per heavy atom. The molecule has 0 N–H and O–H groups in total. The van der Waals surface area contributed by atoms with Crippen molar-refractivity contribution in [1.82, 2.24) is 19.7 Å². The van der Waals surface area contributed by atoms with Crippen LogP contribution >= 0.6 is 27.5 Å². The van der Waals surface area contributed by atoms with E-state index in [-0.39, 0.29) is 6.04 Å². The molecule has 166 valence electrons. The normalized spacial score (nSPS) is 17.7. The molecule has 0 amide bonds. The third-order valence-electron chi connectivity index (χ3n) is 6.34. The van der Waals surface area contributed by atoms with Crippen LogP contribution in [0.3, 0.4) is 0 Å². The van der Waals surface area contributed by atoms with E-state index in [1.54, 1.807) is 0 Å². The van der Waals surface area contributed by atoms with Crippen LogP contribution in [0.5, 0.6) is 0 Å². The molecule has 7 heteroatoms. The number of aromatic nitrogens is 3. The predicted octanol–water partition coefficient (Wildman–Crippen LogP) is 6.22. The lowest BCUT2D eigenvalue weighted by Gasteiger charge is -2.21. The lowest BCUT2D eigenvalue weighted by Crippen LogP contribution is -2.27. The maximum Gasteiger partial charge on any atom is 0.162 e. The Morgan fingerprint density at radius 2 is 1.91 bits per heavy atom. The first-order valence-electron chi connectivity index (χ1n) is 11.4. The molecule has 5 nitrogen and oxygen atoms in total. The van der Waals surface area contributed by atoms with Crippen LogP contribution < -0.4 is 0 Å². The molecule has 0 radical (unpaired) electrons. The number of halogens is 2. The van der Waals surface area contributed by atoms with Crippen molar-refractivity contribution in [2.45, 2.75) is 45.7 Å². The summed E-state index contributed by atoms with van der Waals surface area (Å²) in [4.78, 5) is 7.67. The first kappa shape index (κ1) is 21.8. The van der Waals surface area contributed by atoms with Gasteiger partial charge in [0.25, 0.3) is 0 Å². The van der Waals surface area contributed by atoms with Crippen LogP contribution in [0.2, 0.25) is 5.02 Å². The highest BCUT2D eigenvalue weighted by Crippen LogP contribution is 2.36. The Kier molecular flexibility index (Phi) is 6.19. The fraction of sp³-hybridized carbons (Fsp3) is 0.400. The van der Waals surface area contributed by atoms with Gasteiger partial charge in [-0.3, -0.25) is 14.5 Å². The number of benzene rings is 2. The molecule has 3 aromatic rings. The molecule has 2 heterocycles. The fourth-order valence-corrected chi connectivity index (χ4v) is 4.97. The molecule has 1 fully saturated rings. The van der Waals surface area contributed by atoms with Gasteiger partial charge in [-0.1, -0.05) is 59.6 Å². The van der Waals surface area contributed by atoms with Crippen molar-refractivity contribution >= 4 is 33.2 Å². The van der Waals surface area contributed by atoms with Crippen LogP contribution in [0, 0.1) is 5.92 Å². The summed E-state index contributed by atoms with van der Waals surface area (Å²) in [5.74, 6) is 2.70. The van der Waals surface area contributed by atoms with E-state index in [2.05, 4.69) is 67.6 Å². The monoisotopic (exact) mass is 511 g/mol. The second kappa shape index (κ2) is 9.08. The Morgan fingerprint density at radius 1 is 1.09 bits per heavy atom. The zero-order chi connectivity index (χ0) is 22.2. The molecule has 1 atom stereocenters. The summed E-state index contributed by atoms with van der Waals surface area (Å²) in [6.07, 6.45) is 3.52. The molecule has 0 bridgehead atoms. The van der Waals surface area contributed by atoms with E-state index >= 15 is 0 Å². The molecule has 5 rings (SSSR count). The standard InChI is InChI=1S/C25H27BrClN5/c1-3-21-25-30-29-23(15-31(4-2)14-16-9-10-16)32(25)22-13-17(26)11-12-19(22)24(28-21)18-7-5-6-8-20(18)27/h5-8,11-13,16,21H,3-4,9-10,14-15H2,1-2H3. The fourth-order valence-electron chi connectivity index (χ4n) is 4.40. The van der Waals surface area contributed by atoms with E-state index in [9.17, 15) is 0 Å². The van der Waals surface area contributed by atoms with Crippen molar-refractivity contribution in [3.63, 3.8) is 0 Å². The van der Waals surface area contributed by atoms with Crippen molar-refractivity contribution in [3.05, 3.63) is 74.7 Å². The second-order valence-corrected chi connectivity index (χ2v) is 9.95. The molecular formula is C25H27BrClN5. The third-order valence-corrected chi connectivity index (χ3v) is 7.16. The van der Waals surface area contributed by atoms with Crippen LogP contribution in [-0.4, -0.2) is 38.5 Å². The maximum absolute atomic E-state index is 6.63. The number of nitrogens with zero attached hydrogens (tertiary/aromatic N) is 5. The zero-order valence-corrected chi connectivity index (χ0v) is 20.8. The quantitative estimate of drug-likeness (QED) is 0.378. The summed E-state index contributed by atoms with van der Waals surface area (Å²) in [6.45, 7) is 7.28. The lowest BCUT2D eigenvalue weighted by atomic mass is 10.00. The smallest absolute Gasteiger partial charge is 0.162 e. The van der Waals surface area contributed by atoms with Gasteiger partial charge in [0.15, 0.2) is 11.6 Å². The summed E-state index contributed by atoms with van der Waals surface area (Å²) >= 11 is 10.3. The number of hydrogen-bond acceptors (Lipinski definition) is 4. The summed E-state index contributed by atoms with van der Waals surface area (Å²) in [7, 11) is 0. The average Bonchev–Trinajstić information content (AvgIpc) is 3.54. The van der Waals surface area contributed by atoms with E-state index in [4.69, 9.17) is 16.6 Å². The van der Waals surface area contributed by atoms with Crippen LogP contribution in [0.15, 0.2) is 51.9 Å². The number of fused-ring (bicyclic) bond motifs is 3. The first-order valence-corrected chi connectivity index (χ1v) is 12.6. The molecule has 1 unspecified atom stereocenters. The molecule has 2 aromatic carbocycles. The molecular weight excluding hydrogens is 486 g/mol. The highest BCUT2D eigenvalue weighted by Gasteiger charge is 2.30. The highest BCUT2D eigenvalue weighted by atomic mass is 79.9. The summed E-state index contributed by atoms with van der Waals surface area (Å²) in [6, 6.07) is 14.2. The minimum Gasteiger partial charge on any atom is -0.296 e. The van der Waals surface area contributed by atoms with Crippen LogP contribution in [0.25, 0.3) is 5.69 Å². The van der Waals surface area contributed by atoms with Gasteiger partial charge >= 0.3 is 0 Å². The number of hydrogen-bond donors (Lipinski definition) is 0.